The van der Waals surface area contributed by atoms with Crippen LogP contribution in [0.3, 0.4) is 0 Å². The second kappa shape index (κ2) is 6.77. The molecule has 1 aromatic carbocycles. The second-order valence-corrected chi connectivity index (χ2v) is 6.45. The second-order valence-electron chi connectivity index (χ2n) is 6.06. The van der Waals surface area contributed by atoms with Crippen LogP contribution in [0.1, 0.15) is 19.2 Å². The fourth-order valence-electron chi connectivity index (χ4n) is 3.09. The van der Waals surface area contributed by atoms with Crippen molar-refractivity contribution in [3.8, 4) is 5.82 Å². The van der Waals surface area contributed by atoms with Gasteiger partial charge in [-0.05, 0) is 19.1 Å². The van der Waals surface area contributed by atoms with Crippen molar-refractivity contribution in [3.05, 3.63) is 41.3 Å². The van der Waals surface area contributed by atoms with E-state index in [1.165, 1.54) is 10.6 Å². The third-order valence-electron chi connectivity index (χ3n) is 4.31. The Kier molecular flexibility index (Phi) is 4.46. The van der Waals surface area contributed by atoms with E-state index in [0.717, 1.165) is 0 Å². The van der Waals surface area contributed by atoms with Crippen LogP contribution in [0.2, 0.25) is 5.15 Å². The van der Waals surface area contributed by atoms with E-state index in [4.69, 9.17) is 16.3 Å². The Hall–Kier alpha value is -2.32. The minimum absolute atomic E-state index is 0.0594. The van der Waals surface area contributed by atoms with Crippen LogP contribution in [0.15, 0.2) is 30.3 Å². The number of imidazole rings is 1. The highest BCUT2D eigenvalue weighted by Gasteiger charge is 2.25. The predicted octanol–water partition coefficient (Wildman–Crippen LogP) is 3.63. The summed E-state index contributed by atoms with van der Waals surface area (Å²) in [6.07, 6.45) is -2.75. The van der Waals surface area contributed by atoms with Gasteiger partial charge in [-0.15, -0.1) is 0 Å². The number of aromatic nitrogens is 4. The van der Waals surface area contributed by atoms with Gasteiger partial charge in [-0.2, -0.15) is 4.98 Å². The molecule has 1 aliphatic heterocycles. The first kappa shape index (κ1) is 17.1. The molecule has 136 valence electrons. The lowest BCUT2D eigenvalue weighted by molar-refractivity contribution is 0.0981. The van der Waals surface area contributed by atoms with Gasteiger partial charge in [0.25, 0.3) is 6.43 Å². The standard InChI is InChI=1S/C17H16ClF2N5O/c1-10-9-26-7-6-24(10)17-22-13(18)8-14(23-17)25-12-5-3-2-4-11(12)21-16(25)15(19)20/h2-5,8,10,15H,6-7,9H2,1H3. The molecule has 1 unspecified atom stereocenters. The summed E-state index contributed by atoms with van der Waals surface area (Å²) in [6, 6.07) is 8.46. The minimum Gasteiger partial charge on any atom is -0.377 e. The molecule has 6 nitrogen and oxygen atoms in total. The SMILES string of the molecule is CC1COCCN1c1nc(Cl)cc(-n2c(C(F)F)nc3ccccc32)n1. The number of hydrogen-bond donors (Lipinski definition) is 0. The van der Waals surface area contributed by atoms with E-state index in [2.05, 4.69) is 15.0 Å². The van der Waals surface area contributed by atoms with Crippen molar-refractivity contribution in [1.82, 2.24) is 19.5 Å². The van der Waals surface area contributed by atoms with E-state index in [1.54, 1.807) is 24.3 Å². The Morgan fingerprint density at radius 3 is 2.81 bits per heavy atom. The number of rotatable bonds is 3. The molecule has 9 heteroatoms. The van der Waals surface area contributed by atoms with Crippen LogP contribution < -0.4 is 4.90 Å². The number of fused-ring (bicyclic) bond motifs is 1. The van der Waals surface area contributed by atoms with E-state index in [-0.39, 0.29) is 22.8 Å². The first-order valence-electron chi connectivity index (χ1n) is 8.19. The molecule has 0 radical (unpaired) electrons. The molecule has 2 aromatic heterocycles. The summed E-state index contributed by atoms with van der Waals surface area (Å²) in [4.78, 5) is 14.8. The molecule has 1 atom stereocenters. The van der Waals surface area contributed by atoms with E-state index in [0.29, 0.717) is 36.7 Å². The summed E-state index contributed by atoms with van der Waals surface area (Å²) in [7, 11) is 0. The van der Waals surface area contributed by atoms with Crippen molar-refractivity contribution in [2.24, 2.45) is 0 Å². The van der Waals surface area contributed by atoms with Crippen molar-refractivity contribution < 1.29 is 13.5 Å². The van der Waals surface area contributed by atoms with Crippen LogP contribution in [0.25, 0.3) is 16.9 Å². The maximum absolute atomic E-state index is 13.6. The highest BCUT2D eigenvalue weighted by atomic mass is 35.5. The fraction of sp³-hybridized carbons (Fsp3) is 0.353. The first-order chi connectivity index (χ1) is 12.5. The number of nitrogens with zero attached hydrogens (tertiary/aromatic N) is 5. The molecule has 0 spiro atoms. The highest BCUT2D eigenvalue weighted by Crippen LogP contribution is 2.29. The van der Waals surface area contributed by atoms with E-state index in [1.807, 2.05) is 11.8 Å². The number of halogens is 3. The zero-order valence-corrected chi connectivity index (χ0v) is 14.7. The van der Waals surface area contributed by atoms with Gasteiger partial charge in [0.15, 0.2) is 5.82 Å². The molecular weight excluding hydrogens is 364 g/mol. The number of ether oxygens (including phenoxy) is 1. The number of morpholine rings is 1. The number of benzene rings is 1. The average Bonchev–Trinajstić information content (AvgIpc) is 3.01. The summed E-state index contributed by atoms with van der Waals surface area (Å²) in [5, 5.41) is 0.182. The molecule has 3 heterocycles. The summed E-state index contributed by atoms with van der Waals surface area (Å²) in [6.45, 7) is 3.68. The molecule has 0 bridgehead atoms. The third-order valence-corrected chi connectivity index (χ3v) is 4.50. The van der Waals surface area contributed by atoms with Gasteiger partial charge in [0.2, 0.25) is 5.95 Å². The molecule has 1 saturated heterocycles. The van der Waals surface area contributed by atoms with Crippen molar-refractivity contribution in [2.45, 2.75) is 19.4 Å². The van der Waals surface area contributed by atoms with Crippen molar-refractivity contribution >= 4 is 28.6 Å². The van der Waals surface area contributed by atoms with Gasteiger partial charge >= 0.3 is 0 Å². The molecule has 3 aromatic rings. The fourth-order valence-corrected chi connectivity index (χ4v) is 3.27. The van der Waals surface area contributed by atoms with Crippen LogP contribution >= 0.6 is 11.6 Å². The van der Waals surface area contributed by atoms with Gasteiger partial charge in [0.05, 0.1) is 30.3 Å². The Balaban J connectivity index is 1.88. The minimum atomic E-state index is -2.75. The smallest absolute Gasteiger partial charge is 0.296 e. The Morgan fingerprint density at radius 2 is 2.04 bits per heavy atom. The summed E-state index contributed by atoms with van der Waals surface area (Å²) in [5.74, 6) is 0.283. The predicted molar refractivity (Wildman–Crippen MR) is 94.3 cm³/mol. The molecule has 1 aliphatic rings. The first-order valence-corrected chi connectivity index (χ1v) is 8.57. The summed E-state index contributed by atoms with van der Waals surface area (Å²) >= 11 is 6.19. The monoisotopic (exact) mass is 379 g/mol. The van der Waals surface area contributed by atoms with Gasteiger partial charge in [-0.1, -0.05) is 23.7 Å². The van der Waals surface area contributed by atoms with E-state index in [9.17, 15) is 8.78 Å². The lowest BCUT2D eigenvalue weighted by Gasteiger charge is -2.33. The number of anilines is 1. The summed E-state index contributed by atoms with van der Waals surface area (Å²) < 4.78 is 33.9. The van der Waals surface area contributed by atoms with Gasteiger partial charge < -0.3 is 9.64 Å². The lowest BCUT2D eigenvalue weighted by atomic mass is 10.3. The van der Waals surface area contributed by atoms with Gasteiger partial charge in [-0.25, -0.2) is 18.7 Å². The van der Waals surface area contributed by atoms with E-state index < -0.39 is 6.43 Å². The van der Waals surface area contributed by atoms with Crippen molar-refractivity contribution in [2.75, 3.05) is 24.7 Å². The Bertz CT molecular complexity index is 948. The zero-order valence-electron chi connectivity index (χ0n) is 13.9. The molecular formula is C17H16ClF2N5O. The quantitative estimate of drug-likeness (QED) is 0.650. The molecule has 1 fully saturated rings. The normalized spacial score (nSPS) is 18.0. The van der Waals surface area contributed by atoms with E-state index >= 15 is 0 Å². The van der Waals surface area contributed by atoms with Gasteiger partial charge in [0.1, 0.15) is 11.0 Å². The summed E-state index contributed by atoms with van der Waals surface area (Å²) in [5.41, 5.74) is 1.01. The zero-order chi connectivity index (χ0) is 18.3. The van der Waals surface area contributed by atoms with Crippen molar-refractivity contribution in [1.29, 1.82) is 0 Å². The lowest BCUT2D eigenvalue weighted by Crippen LogP contribution is -2.44. The molecule has 26 heavy (non-hydrogen) atoms. The maximum Gasteiger partial charge on any atom is 0.296 e. The maximum atomic E-state index is 13.6. The van der Waals surface area contributed by atoms with Crippen LogP contribution in [0.4, 0.5) is 14.7 Å². The van der Waals surface area contributed by atoms with Gasteiger partial charge in [-0.3, -0.25) is 4.57 Å². The van der Waals surface area contributed by atoms with Crippen LogP contribution in [0, 0.1) is 0 Å². The molecule has 0 amide bonds. The largest absolute Gasteiger partial charge is 0.377 e. The molecule has 0 saturated carbocycles. The molecule has 0 aliphatic carbocycles. The average molecular weight is 380 g/mol. The number of para-hydroxylation sites is 2. The topological polar surface area (TPSA) is 56.1 Å². The van der Waals surface area contributed by atoms with Gasteiger partial charge in [0, 0.05) is 12.6 Å². The Labute approximate surface area is 153 Å². The molecule has 4 rings (SSSR count). The number of alkyl halides is 2. The molecule has 0 N–H and O–H groups in total. The number of hydrogen-bond acceptors (Lipinski definition) is 5. The van der Waals surface area contributed by atoms with Crippen LogP contribution in [0.5, 0.6) is 0 Å². The third kappa shape index (κ3) is 2.99. The Morgan fingerprint density at radius 1 is 1.23 bits per heavy atom. The van der Waals surface area contributed by atoms with Crippen LogP contribution in [-0.2, 0) is 4.74 Å². The highest BCUT2D eigenvalue weighted by molar-refractivity contribution is 6.29. The van der Waals surface area contributed by atoms with Crippen molar-refractivity contribution in [3.63, 3.8) is 0 Å². The van der Waals surface area contributed by atoms with Crippen LogP contribution in [-0.4, -0.2) is 45.3 Å².